The summed E-state index contributed by atoms with van der Waals surface area (Å²) in [4.78, 5) is 0. The van der Waals surface area contributed by atoms with Gasteiger partial charge in [-0.1, -0.05) is 19.1 Å². The molecule has 0 radical (unpaired) electrons. The summed E-state index contributed by atoms with van der Waals surface area (Å²) in [6.07, 6.45) is -4.64. The maximum atomic E-state index is 13.0. The molecule has 0 unspecified atom stereocenters. The van der Waals surface area contributed by atoms with E-state index in [4.69, 9.17) is 0 Å². The lowest BCUT2D eigenvalue weighted by Crippen LogP contribution is -2.59. The van der Waals surface area contributed by atoms with Gasteiger partial charge >= 0.3 is 24.2 Å². The van der Waals surface area contributed by atoms with Crippen LogP contribution < -0.4 is 0 Å². The van der Waals surface area contributed by atoms with Crippen molar-refractivity contribution in [1.29, 1.82) is 0 Å². The lowest BCUT2D eigenvalue weighted by molar-refractivity contribution is -0.318. The van der Waals surface area contributed by atoms with E-state index in [0.717, 1.165) is 0 Å². The quantitative estimate of drug-likeness (QED) is 0.517. The molecular formula is C8H8F8S2. The van der Waals surface area contributed by atoms with Crippen molar-refractivity contribution in [3.8, 4) is 0 Å². The van der Waals surface area contributed by atoms with Crippen LogP contribution in [0.1, 0.15) is 13.3 Å². The molecular weight excluding hydrogens is 312 g/mol. The molecule has 0 heterocycles. The Morgan fingerprint density at radius 2 is 1.56 bits per heavy atom. The fraction of sp³-hybridized carbons (Fsp3) is 0.875. The van der Waals surface area contributed by atoms with Crippen LogP contribution in [0.15, 0.2) is 0 Å². The Balaban J connectivity index is 5.25. The second-order valence-electron chi connectivity index (χ2n) is 3.21. The summed E-state index contributed by atoms with van der Waals surface area (Å²) < 4.78 is 98.4. The van der Waals surface area contributed by atoms with Gasteiger partial charge in [-0.05, 0) is 12.2 Å². The highest BCUT2D eigenvalue weighted by atomic mass is 32.2. The molecule has 0 atom stereocenters. The molecule has 0 aliphatic rings. The number of thioether (sulfide) groups is 1. The Bertz CT molecular complexity index is 301. The van der Waals surface area contributed by atoms with E-state index in [1.165, 1.54) is 6.92 Å². The van der Waals surface area contributed by atoms with Crippen molar-refractivity contribution < 1.29 is 35.1 Å². The molecule has 10 heteroatoms. The molecule has 0 aliphatic carbocycles. The van der Waals surface area contributed by atoms with E-state index in [-0.39, 0.29) is 23.9 Å². The third kappa shape index (κ3) is 3.06. The van der Waals surface area contributed by atoms with E-state index in [2.05, 4.69) is 12.2 Å². The van der Waals surface area contributed by atoms with E-state index < -0.39 is 28.4 Å². The second-order valence-corrected chi connectivity index (χ2v) is 4.98. The Labute approximate surface area is 107 Å². The molecule has 0 amide bonds. The van der Waals surface area contributed by atoms with Gasteiger partial charge in [0, 0.05) is 0 Å². The molecule has 0 rings (SSSR count). The van der Waals surface area contributed by atoms with Gasteiger partial charge in [0.05, 0.1) is 0 Å². The van der Waals surface area contributed by atoms with Gasteiger partial charge in [0.1, 0.15) is 4.20 Å². The van der Waals surface area contributed by atoms with Crippen molar-refractivity contribution in [3.63, 3.8) is 0 Å². The minimum atomic E-state index is -6.24. The van der Waals surface area contributed by atoms with Crippen LogP contribution in [0, 0.1) is 0 Å². The molecule has 0 nitrogen and oxygen atoms in total. The lowest BCUT2D eigenvalue weighted by atomic mass is 10.1. The predicted octanol–water partition coefficient (Wildman–Crippen LogP) is 4.63. The molecule has 0 saturated heterocycles. The van der Waals surface area contributed by atoms with Crippen molar-refractivity contribution in [2.75, 3.05) is 5.75 Å². The van der Waals surface area contributed by atoms with E-state index in [1.54, 1.807) is 0 Å². The first-order valence-corrected chi connectivity index (χ1v) is 5.91. The highest BCUT2D eigenvalue weighted by Gasteiger charge is 2.76. The largest absolute Gasteiger partial charge is 0.383 e. The molecule has 0 aromatic rings. The van der Waals surface area contributed by atoms with Crippen LogP contribution in [0.25, 0.3) is 0 Å². The average Bonchev–Trinajstić information content (AvgIpc) is 2.24. The van der Waals surface area contributed by atoms with Crippen LogP contribution in [0.2, 0.25) is 0 Å². The first-order valence-electron chi connectivity index (χ1n) is 4.51. The minimum absolute atomic E-state index is 0.0613. The first-order chi connectivity index (χ1) is 7.92. The van der Waals surface area contributed by atoms with Crippen LogP contribution in [-0.2, 0) is 0 Å². The number of halogens is 8. The number of thiocarbonyl (C=S) groups is 1. The van der Waals surface area contributed by atoms with Crippen molar-refractivity contribution in [3.05, 3.63) is 0 Å². The molecule has 18 heavy (non-hydrogen) atoms. The topological polar surface area (TPSA) is 0 Å². The zero-order valence-electron chi connectivity index (χ0n) is 8.83. The number of hydrogen-bond acceptors (Lipinski definition) is 2. The molecule has 0 aliphatic heterocycles. The zero-order valence-corrected chi connectivity index (χ0v) is 10.5. The van der Waals surface area contributed by atoms with E-state index in [1.807, 2.05) is 0 Å². The highest BCUT2D eigenvalue weighted by molar-refractivity contribution is 8.23. The monoisotopic (exact) mass is 320 g/mol. The van der Waals surface area contributed by atoms with Crippen LogP contribution >= 0.6 is 24.0 Å². The van der Waals surface area contributed by atoms with Gasteiger partial charge < -0.3 is 0 Å². The molecule has 0 spiro atoms. The number of hydrogen-bond donors (Lipinski definition) is 0. The maximum absolute atomic E-state index is 13.0. The van der Waals surface area contributed by atoms with E-state index >= 15 is 0 Å². The Morgan fingerprint density at radius 1 is 1.11 bits per heavy atom. The van der Waals surface area contributed by atoms with Crippen molar-refractivity contribution >= 4 is 28.2 Å². The average molecular weight is 320 g/mol. The first kappa shape index (κ1) is 17.9. The lowest BCUT2D eigenvalue weighted by Gasteiger charge is -2.32. The normalized spacial score (nSPS) is 14.1. The standard InChI is InChI=1S/C8H8F8S2/c1-2-3-18-5(17)7(13,14)8(15,16)6(11,12)4(9)10/h4H,2-3H2,1H3. The Morgan fingerprint density at radius 3 is 1.89 bits per heavy atom. The number of alkyl halides is 8. The van der Waals surface area contributed by atoms with Gasteiger partial charge in [0.15, 0.2) is 0 Å². The summed E-state index contributed by atoms with van der Waals surface area (Å²) in [5.74, 6) is -18.0. The van der Waals surface area contributed by atoms with Crippen LogP contribution in [0.4, 0.5) is 35.1 Å². The van der Waals surface area contributed by atoms with Crippen molar-refractivity contribution in [1.82, 2.24) is 0 Å². The highest BCUT2D eigenvalue weighted by Crippen LogP contribution is 2.50. The van der Waals surface area contributed by atoms with E-state index in [0.29, 0.717) is 0 Å². The maximum Gasteiger partial charge on any atom is 0.383 e. The number of rotatable bonds is 6. The van der Waals surface area contributed by atoms with Crippen LogP contribution in [0.3, 0.4) is 0 Å². The van der Waals surface area contributed by atoms with Crippen LogP contribution in [0.5, 0.6) is 0 Å². The summed E-state index contributed by atoms with van der Waals surface area (Å²) in [5.41, 5.74) is 0. The van der Waals surface area contributed by atoms with Crippen molar-refractivity contribution in [2.24, 2.45) is 0 Å². The van der Waals surface area contributed by atoms with Gasteiger partial charge in [-0.25, -0.2) is 8.78 Å². The third-order valence-electron chi connectivity index (χ3n) is 1.78. The summed E-state index contributed by atoms with van der Waals surface area (Å²) in [6.45, 7) is 1.51. The Kier molecular flexibility index (Phi) is 5.85. The fourth-order valence-corrected chi connectivity index (χ4v) is 1.84. The molecule has 0 saturated carbocycles. The molecule has 0 fully saturated rings. The summed E-state index contributed by atoms with van der Waals surface area (Å²) >= 11 is 3.98. The smallest absolute Gasteiger partial charge is 0.203 e. The fourth-order valence-electron chi connectivity index (χ4n) is 0.760. The summed E-state index contributed by atoms with van der Waals surface area (Å²) in [6, 6.07) is 0. The molecule has 0 N–H and O–H groups in total. The Hall–Kier alpha value is -0.120. The molecule has 108 valence electrons. The SMILES string of the molecule is CCCSC(=S)C(F)(F)C(F)(F)C(F)(F)C(F)F. The third-order valence-corrected chi connectivity index (χ3v) is 3.52. The summed E-state index contributed by atoms with van der Waals surface area (Å²) in [5, 5.41) is 0. The van der Waals surface area contributed by atoms with Gasteiger partial charge in [0.25, 0.3) is 0 Å². The van der Waals surface area contributed by atoms with Gasteiger partial charge in [-0.2, -0.15) is 26.3 Å². The molecule has 0 bridgehead atoms. The van der Waals surface area contributed by atoms with Crippen molar-refractivity contribution in [2.45, 2.75) is 37.5 Å². The van der Waals surface area contributed by atoms with E-state index in [9.17, 15) is 35.1 Å². The summed E-state index contributed by atoms with van der Waals surface area (Å²) in [7, 11) is 0. The molecule has 0 aromatic carbocycles. The van der Waals surface area contributed by atoms with Gasteiger partial charge in [0.2, 0.25) is 0 Å². The predicted molar refractivity (Wildman–Crippen MR) is 56.2 cm³/mol. The zero-order chi connectivity index (χ0) is 14.8. The van der Waals surface area contributed by atoms with Gasteiger partial charge in [-0.15, -0.1) is 11.8 Å². The minimum Gasteiger partial charge on any atom is -0.203 e. The van der Waals surface area contributed by atoms with Gasteiger partial charge in [-0.3, -0.25) is 0 Å². The molecule has 0 aromatic heterocycles. The second kappa shape index (κ2) is 5.89. The van der Waals surface area contributed by atoms with Crippen LogP contribution in [-0.4, -0.2) is 34.1 Å².